The van der Waals surface area contributed by atoms with Gasteiger partial charge in [0.05, 0.1) is 0 Å². The molecule has 0 aliphatic rings. The van der Waals surface area contributed by atoms with Crippen molar-refractivity contribution in [1.29, 1.82) is 0 Å². The molecule has 0 nitrogen and oxygen atoms in total. The third-order valence-corrected chi connectivity index (χ3v) is 5.33. The molecule has 0 aromatic rings. The molecule has 3 atom stereocenters. The third kappa shape index (κ3) is 3.50. The van der Waals surface area contributed by atoms with Gasteiger partial charge in [-0.2, -0.15) is 0 Å². The lowest BCUT2D eigenvalue weighted by molar-refractivity contribution is 0.0688. The molecule has 0 heterocycles. The van der Waals surface area contributed by atoms with Crippen molar-refractivity contribution in [3.8, 4) is 0 Å². The Labute approximate surface area is 97.8 Å². The summed E-state index contributed by atoms with van der Waals surface area (Å²) in [5, 5.41) is 0. The molecule has 0 aliphatic carbocycles. The molecule has 0 N–H and O–H groups in total. The average Bonchev–Trinajstić information content (AvgIpc) is 2.13. The van der Waals surface area contributed by atoms with Crippen LogP contribution >= 0.6 is 0 Å². The highest BCUT2D eigenvalue weighted by Gasteiger charge is 2.35. The van der Waals surface area contributed by atoms with Crippen LogP contribution in [0.25, 0.3) is 0 Å². The Balaban J connectivity index is 4.63. The van der Waals surface area contributed by atoms with Crippen molar-refractivity contribution < 1.29 is 0 Å². The minimum absolute atomic E-state index is 0.447. The van der Waals surface area contributed by atoms with E-state index in [9.17, 15) is 0 Å². The summed E-state index contributed by atoms with van der Waals surface area (Å²) >= 11 is 0. The van der Waals surface area contributed by atoms with Gasteiger partial charge in [-0.05, 0) is 35.0 Å². The van der Waals surface area contributed by atoms with Crippen molar-refractivity contribution in [2.75, 3.05) is 0 Å². The first-order valence-electron chi connectivity index (χ1n) is 6.62. The van der Waals surface area contributed by atoms with E-state index in [2.05, 4.69) is 62.3 Å². The SMILES string of the molecule is CC(C)C(C)C(C)C(C)C(C)(C)C(C)C. The molecule has 0 saturated carbocycles. The topological polar surface area (TPSA) is 0 Å². The van der Waals surface area contributed by atoms with Crippen molar-refractivity contribution in [1.82, 2.24) is 0 Å². The summed E-state index contributed by atoms with van der Waals surface area (Å²) in [4.78, 5) is 0. The molecule has 3 unspecified atom stereocenters. The second kappa shape index (κ2) is 5.37. The van der Waals surface area contributed by atoms with Crippen LogP contribution in [0.5, 0.6) is 0 Å². The highest BCUT2D eigenvalue weighted by atomic mass is 14.4. The van der Waals surface area contributed by atoms with Gasteiger partial charge in [-0.1, -0.05) is 62.3 Å². The molecule has 0 aromatic carbocycles. The van der Waals surface area contributed by atoms with Crippen LogP contribution in [0.2, 0.25) is 0 Å². The lowest BCUT2D eigenvalue weighted by Gasteiger charge is -2.42. The fourth-order valence-electron chi connectivity index (χ4n) is 2.27. The molecule has 0 fully saturated rings. The number of hydrogen-bond acceptors (Lipinski definition) is 0. The molecular weight excluding hydrogens is 180 g/mol. The van der Waals surface area contributed by atoms with Crippen LogP contribution in [0.4, 0.5) is 0 Å². The lowest BCUT2D eigenvalue weighted by Crippen LogP contribution is -2.35. The van der Waals surface area contributed by atoms with E-state index in [1.54, 1.807) is 0 Å². The monoisotopic (exact) mass is 212 g/mol. The Morgan fingerprint density at radius 2 is 1.07 bits per heavy atom. The molecule has 0 bridgehead atoms. The van der Waals surface area contributed by atoms with E-state index in [1.165, 1.54) is 0 Å². The van der Waals surface area contributed by atoms with Crippen molar-refractivity contribution in [3.05, 3.63) is 0 Å². The summed E-state index contributed by atoms with van der Waals surface area (Å²) in [6.45, 7) is 21.5. The van der Waals surface area contributed by atoms with Gasteiger partial charge >= 0.3 is 0 Å². The molecule has 0 heteroatoms. The number of rotatable bonds is 5. The van der Waals surface area contributed by atoms with Gasteiger partial charge in [-0.15, -0.1) is 0 Å². The maximum atomic E-state index is 2.43. The van der Waals surface area contributed by atoms with Crippen LogP contribution in [-0.4, -0.2) is 0 Å². The van der Waals surface area contributed by atoms with Gasteiger partial charge in [0, 0.05) is 0 Å². The summed E-state index contributed by atoms with van der Waals surface area (Å²) in [6.07, 6.45) is 0. The van der Waals surface area contributed by atoms with Crippen LogP contribution in [0.1, 0.15) is 62.3 Å². The van der Waals surface area contributed by atoms with Gasteiger partial charge in [0.25, 0.3) is 0 Å². The van der Waals surface area contributed by atoms with Crippen LogP contribution < -0.4 is 0 Å². The quantitative estimate of drug-likeness (QED) is 0.585. The summed E-state index contributed by atoms with van der Waals surface area (Å²) in [6, 6.07) is 0. The summed E-state index contributed by atoms with van der Waals surface area (Å²) in [7, 11) is 0. The van der Waals surface area contributed by atoms with Crippen molar-refractivity contribution in [2.45, 2.75) is 62.3 Å². The molecule has 0 radical (unpaired) electrons. The van der Waals surface area contributed by atoms with Crippen LogP contribution in [-0.2, 0) is 0 Å². The van der Waals surface area contributed by atoms with Gasteiger partial charge in [-0.3, -0.25) is 0 Å². The molecule has 0 amide bonds. The highest BCUT2D eigenvalue weighted by Crippen LogP contribution is 2.42. The predicted octanol–water partition coefficient (Wildman–Crippen LogP) is 5.23. The Morgan fingerprint density at radius 1 is 0.667 bits per heavy atom. The Hall–Kier alpha value is 0. The highest BCUT2D eigenvalue weighted by molar-refractivity contribution is 4.84. The molecular formula is C15H32. The maximum absolute atomic E-state index is 2.43. The largest absolute Gasteiger partial charge is 0.0625 e. The van der Waals surface area contributed by atoms with Crippen molar-refractivity contribution in [2.24, 2.45) is 35.0 Å². The summed E-state index contributed by atoms with van der Waals surface area (Å²) < 4.78 is 0. The smallest absolute Gasteiger partial charge is 0.0303 e. The molecule has 0 spiro atoms. The van der Waals surface area contributed by atoms with E-state index in [4.69, 9.17) is 0 Å². The second-order valence-corrected chi connectivity index (χ2v) is 6.73. The van der Waals surface area contributed by atoms with E-state index < -0.39 is 0 Å². The fraction of sp³-hybridized carbons (Fsp3) is 1.00. The molecule has 92 valence electrons. The molecule has 0 saturated heterocycles. The van der Waals surface area contributed by atoms with Crippen LogP contribution in [0.3, 0.4) is 0 Å². The van der Waals surface area contributed by atoms with E-state index in [1.807, 2.05) is 0 Å². The van der Waals surface area contributed by atoms with E-state index in [-0.39, 0.29) is 0 Å². The molecule has 0 rings (SSSR count). The minimum Gasteiger partial charge on any atom is -0.0625 e. The van der Waals surface area contributed by atoms with Gasteiger partial charge in [0.15, 0.2) is 0 Å². The molecule has 0 aliphatic heterocycles. The molecule has 0 aromatic heterocycles. The Bertz CT molecular complexity index is 176. The van der Waals surface area contributed by atoms with Crippen LogP contribution in [0.15, 0.2) is 0 Å². The normalized spacial score (nSPS) is 19.4. The van der Waals surface area contributed by atoms with Crippen molar-refractivity contribution in [3.63, 3.8) is 0 Å². The average molecular weight is 212 g/mol. The Kier molecular flexibility index (Phi) is 5.37. The van der Waals surface area contributed by atoms with Gasteiger partial charge in [0.1, 0.15) is 0 Å². The standard InChI is InChI=1S/C15H32/c1-10(2)12(5)13(6)14(7)15(8,9)11(3)4/h10-14H,1-9H3. The summed E-state index contributed by atoms with van der Waals surface area (Å²) in [5.41, 5.74) is 0.447. The van der Waals surface area contributed by atoms with Gasteiger partial charge in [-0.25, -0.2) is 0 Å². The Morgan fingerprint density at radius 3 is 1.33 bits per heavy atom. The fourth-order valence-corrected chi connectivity index (χ4v) is 2.27. The van der Waals surface area contributed by atoms with Crippen molar-refractivity contribution >= 4 is 0 Å². The summed E-state index contributed by atoms with van der Waals surface area (Å²) in [5.74, 6) is 3.97. The minimum atomic E-state index is 0.447. The van der Waals surface area contributed by atoms with Gasteiger partial charge < -0.3 is 0 Å². The zero-order chi connectivity index (χ0) is 12.4. The van der Waals surface area contributed by atoms with Crippen LogP contribution in [0, 0.1) is 35.0 Å². The predicted molar refractivity (Wildman–Crippen MR) is 70.9 cm³/mol. The maximum Gasteiger partial charge on any atom is -0.0303 e. The molecule has 15 heavy (non-hydrogen) atoms. The zero-order valence-electron chi connectivity index (χ0n) is 12.4. The first-order chi connectivity index (χ1) is 6.62. The van der Waals surface area contributed by atoms with E-state index in [0.717, 1.165) is 29.6 Å². The number of hydrogen-bond donors (Lipinski definition) is 0. The van der Waals surface area contributed by atoms with E-state index >= 15 is 0 Å². The first-order valence-corrected chi connectivity index (χ1v) is 6.62. The lowest BCUT2D eigenvalue weighted by atomic mass is 9.63. The van der Waals surface area contributed by atoms with Gasteiger partial charge in [0.2, 0.25) is 0 Å². The second-order valence-electron chi connectivity index (χ2n) is 6.73. The van der Waals surface area contributed by atoms with E-state index in [0.29, 0.717) is 5.41 Å². The zero-order valence-corrected chi connectivity index (χ0v) is 12.4. The first kappa shape index (κ1) is 15.0. The third-order valence-electron chi connectivity index (χ3n) is 5.33.